The fourth-order valence-electron chi connectivity index (χ4n) is 2.56. The van der Waals surface area contributed by atoms with Crippen LogP contribution in [0.4, 0.5) is 0 Å². The van der Waals surface area contributed by atoms with E-state index in [1.165, 1.54) is 0 Å². The van der Waals surface area contributed by atoms with Crippen LogP contribution in [0.3, 0.4) is 0 Å². The van der Waals surface area contributed by atoms with Crippen molar-refractivity contribution in [2.45, 2.75) is 19.1 Å². The van der Waals surface area contributed by atoms with Gasteiger partial charge in [-0.15, -0.1) is 0 Å². The summed E-state index contributed by atoms with van der Waals surface area (Å²) in [6.07, 6.45) is 0.00516. The second kappa shape index (κ2) is 5.26. The first-order valence-corrected chi connectivity index (χ1v) is 6.72. The first-order valence-electron chi connectivity index (χ1n) is 6.72. The summed E-state index contributed by atoms with van der Waals surface area (Å²) in [6.45, 7) is 3.48. The lowest BCUT2D eigenvalue weighted by molar-refractivity contribution is 0.0762. The van der Waals surface area contributed by atoms with Crippen LogP contribution in [0.5, 0.6) is 0 Å². The molecule has 1 unspecified atom stereocenters. The molecule has 1 aromatic heterocycles. The van der Waals surface area contributed by atoms with Crippen molar-refractivity contribution in [2.75, 3.05) is 20.2 Å². The maximum Gasteiger partial charge on any atom is 0.287 e. The Kier molecular flexibility index (Phi) is 3.46. The average molecular weight is 274 g/mol. The minimum absolute atomic E-state index is 0.00516. The Morgan fingerprint density at radius 3 is 3.05 bits per heavy atom. The molecule has 0 saturated carbocycles. The molecule has 2 atom stereocenters. The fraction of sp³-hybridized carbons (Fsp3) is 0.400. The van der Waals surface area contributed by atoms with E-state index in [-0.39, 0.29) is 18.1 Å². The molecule has 1 aromatic carbocycles. The molecule has 20 heavy (non-hydrogen) atoms. The van der Waals surface area contributed by atoms with E-state index in [1.807, 2.05) is 25.1 Å². The standard InChI is InChI=1S/C15H18N2O3/c1-9-3-4-12-10(5-9)6-13(20-12)15(18)17-11-7-16-8-14(11)19-2/h3-6,11,14,16H,7-8H2,1-2H3,(H,17,18)/t11?,14-/m0/s1. The zero-order valence-corrected chi connectivity index (χ0v) is 11.6. The van der Waals surface area contributed by atoms with Crippen molar-refractivity contribution in [3.8, 4) is 0 Å². The number of carbonyl (C=O) groups is 1. The molecule has 0 bridgehead atoms. The molecular formula is C15H18N2O3. The summed E-state index contributed by atoms with van der Waals surface area (Å²) < 4.78 is 10.9. The minimum atomic E-state index is -0.199. The van der Waals surface area contributed by atoms with Gasteiger partial charge in [0.15, 0.2) is 5.76 Å². The van der Waals surface area contributed by atoms with Crippen LogP contribution in [-0.2, 0) is 4.74 Å². The lowest BCUT2D eigenvalue weighted by Gasteiger charge is -2.17. The fourth-order valence-corrected chi connectivity index (χ4v) is 2.56. The van der Waals surface area contributed by atoms with E-state index in [0.29, 0.717) is 12.3 Å². The molecule has 1 saturated heterocycles. The Morgan fingerprint density at radius 2 is 2.25 bits per heavy atom. The average Bonchev–Trinajstić information content (AvgIpc) is 3.04. The van der Waals surface area contributed by atoms with Gasteiger partial charge in [0.1, 0.15) is 5.58 Å². The van der Waals surface area contributed by atoms with Crippen LogP contribution in [0.15, 0.2) is 28.7 Å². The van der Waals surface area contributed by atoms with E-state index in [0.717, 1.165) is 23.1 Å². The summed E-state index contributed by atoms with van der Waals surface area (Å²) in [7, 11) is 1.65. The van der Waals surface area contributed by atoms with Crippen LogP contribution in [0.2, 0.25) is 0 Å². The van der Waals surface area contributed by atoms with Crippen molar-refractivity contribution in [1.82, 2.24) is 10.6 Å². The molecule has 1 aliphatic rings. The van der Waals surface area contributed by atoms with E-state index in [1.54, 1.807) is 13.2 Å². The number of nitrogens with one attached hydrogen (secondary N) is 2. The molecule has 3 rings (SSSR count). The topological polar surface area (TPSA) is 63.5 Å². The molecule has 1 aliphatic heterocycles. The van der Waals surface area contributed by atoms with Crippen molar-refractivity contribution in [3.05, 3.63) is 35.6 Å². The van der Waals surface area contributed by atoms with Gasteiger partial charge in [0.05, 0.1) is 12.1 Å². The van der Waals surface area contributed by atoms with Gasteiger partial charge < -0.3 is 19.8 Å². The Labute approximate surface area is 117 Å². The first kappa shape index (κ1) is 13.1. The maximum absolute atomic E-state index is 12.2. The van der Waals surface area contributed by atoms with Crippen molar-refractivity contribution in [2.24, 2.45) is 0 Å². The molecule has 5 heteroatoms. The van der Waals surface area contributed by atoms with Gasteiger partial charge in [0, 0.05) is 25.6 Å². The normalized spacial score (nSPS) is 22.3. The molecule has 1 fully saturated rings. The Balaban J connectivity index is 1.78. The van der Waals surface area contributed by atoms with E-state index in [4.69, 9.17) is 9.15 Å². The number of aryl methyl sites for hydroxylation is 1. The molecule has 0 radical (unpaired) electrons. The van der Waals surface area contributed by atoms with Gasteiger partial charge in [-0.25, -0.2) is 0 Å². The molecule has 0 aliphatic carbocycles. The highest BCUT2D eigenvalue weighted by molar-refractivity contribution is 5.96. The lowest BCUT2D eigenvalue weighted by atomic mass is 10.2. The van der Waals surface area contributed by atoms with Crippen LogP contribution < -0.4 is 10.6 Å². The number of methoxy groups -OCH3 is 1. The van der Waals surface area contributed by atoms with Gasteiger partial charge in [-0.2, -0.15) is 0 Å². The summed E-state index contributed by atoms with van der Waals surface area (Å²) in [5.41, 5.74) is 1.87. The predicted octanol–water partition coefficient (Wildman–Crippen LogP) is 1.46. The quantitative estimate of drug-likeness (QED) is 0.889. The SMILES string of the molecule is CO[C@H]1CNCC1NC(=O)c1cc2cc(C)ccc2o1. The monoisotopic (exact) mass is 274 g/mol. The number of hydrogen-bond donors (Lipinski definition) is 2. The predicted molar refractivity (Wildman–Crippen MR) is 75.9 cm³/mol. The van der Waals surface area contributed by atoms with Crippen LogP contribution in [0.1, 0.15) is 16.1 Å². The number of fused-ring (bicyclic) bond motifs is 1. The van der Waals surface area contributed by atoms with Crippen molar-refractivity contribution in [3.63, 3.8) is 0 Å². The Morgan fingerprint density at radius 1 is 1.40 bits per heavy atom. The van der Waals surface area contributed by atoms with E-state index >= 15 is 0 Å². The summed E-state index contributed by atoms with van der Waals surface area (Å²) in [6, 6.07) is 7.61. The number of benzene rings is 1. The van der Waals surface area contributed by atoms with Gasteiger partial charge >= 0.3 is 0 Å². The van der Waals surface area contributed by atoms with E-state index < -0.39 is 0 Å². The summed E-state index contributed by atoms with van der Waals surface area (Å²) in [5, 5.41) is 7.09. The van der Waals surface area contributed by atoms with Gasteiger partial charge in [-0.1, -0.05) is 11.6 Å². The third kappa shape index (κ3) is 2.42. The van der Waals surface area contributed by atoms with Gasteiger partial charge in [-0.3, -0.25) is 4.79 Å². The van der Waals surface area contributed by atoms with E-state index in [9.17, 15) is 4.79 Å². The van der Waals surface area contributed by atoms with E-state index in [2.05, 4.69) is 10.6 Å². The smallest absolute Gasteiger partial charge is 0.287 e. The highest BCUT2D eigenvalue weighted by Crippen LogP contribution is 2.20. The highest BCUT2D eigenvalue weighted by Gasteiger charge is 2.29. The number of carbonyl (C=O) groups excluding carboxylic acids is 1. The maximum atomic E-state index is 12.2. The van der Waals surface area contributed by atoms with Crippen LogP contribution in [-0.4, -0.2) is 38.3 Å². The molecule has 106 valence electrons. The molecular weight excluding hydrogens is 256 g/mol. The third-order valence-electron chi connectivity index (χ3n) is 3.67. The Bertz CT molecular complexity index is 635. The van der Waals surface area contributed by atoms with Crippen LogP contribution in [0.25, 0.3) is 11.0 Å². The second-order valence-electron chi connectivity index (χ2n) is 5.16. The first-order chi connectivity index (χ1) is 9.67. The molecule has 1 amide bonds. The summed E-state index contributed by atoms with van der Waals surface area (Å²) in [5.74, 6) is 0.141. The largest absolute Gasteiger partial charge is 0.451 e. The zero-order chi connectivity index (χ0) is 14.1. The van der Waals surface area contributed by atoms with Crippen LogP contribution >= 0.6 is 0 Å². The van der Waals surface area contributed by atoms with Gasteiger partial charge in [0.2, 0.25) is 0 Å². The molecule has 0 spiro atoms. The molecule has 2 heterocycles. The number of ether oxygens (including phenoxy) is 1. The molecule has 5 nitrogen and oxygen atoms in total. The highest BCUT2D eigenvalue weighted by atomic mass is 16.5. The van der Waals surface area contributed by atoms with Gasteiger partial charge in [0.25, 0.3) is 5.91 Å². The van der Waals surface area contributed by atoms with Gasteiger partial charge in [-0.05, 0) is 25.1 Å². The van der Waals surface area contributed by atoms with Crippen molar-refractivity contribution < 1.29 is 13.9 Å². The Hall–Kier alpha value is -1.85. The lowest BCUT2D eigenvalue weighted by Crippen LogP contribution is -2.43. The number of rotatable bonds is 3. The van der Waals surface area contributed by atoms with Crippen molar-refractivity contribution >= 4 is 16.9 Å². The molecule has 2 aromatic rings. The zero-order valence-electron chi connectivity index (χ0n) is 11.6. The van der Waals surface area contributed by atoms with Crippen LogP contribution in [0, 0.1) is 6.92 Å². The number of hydrogen-bond acceptors (Lipinski definition) is 4. The third-order valence-corrected chi connectivity index (χ3v) is 3.67. The second-order valence-corrected chi connectivity index (χ2v) is 5.16. The number of furan rings is 1. The summed E-state index contributed by atoms with van der Waals surface area (Å²) in [4.78, 5) is 12.2. The minimum Gasteiger partial charge on any atom is -0.451 e. The number of amides is 1. The summed E-state index contributed by atoms with van der Waals surface area (Å²) >= 11 is 0. The molecule has 2 N–H and O–H groups in total. The van der Waals surface area contributed by atoms with Crippen molar-refractivity contribution in [1.29, 1.82) is 0 Å².